The van der Waals surface area contributed by atoms with E-state index in [-0.39, 0.29) is 0 Å². The van der Waals surface area contributed by atoms with Gasteiger partial charge >= 0.3 is 5.97 Å². The van der Waals surface area contributed by atoms with Gasteiger partial charge in [-0.05, 0) is 11.1 Å². The van der Waals surface area contributed by atoms with Gasteiger partial charge in [-0.1, -0.05) is 121 Å². The third kappa shape index (κ3) is 3.70. The average Bonchev–Trinajstić information content (AvgIpc) is 2.93. The second-order valence-corrected chi connectivity index (χ2v) is 8.14. The molecule has 4 nitrogen and oxygen atoms in total. The SMILES string of the molecule is N#CC1(C(=O)O)C(c2ccccc2)=C(c2ccccc2)OC(c2ccccc2)=C1c1ccccc1. The van der Waals surface area contributed by atoms with Crippen molar-refractivity contribution in [1.82, 2.24) is 0 Å². The van der Waals surface area contributed by atoms with Crippen molar-refractivity contribution < 1.29 is 14.6 Å². The highest BCUT2D eigenvalue weighted by molar-refractivity contribution is 6.19. The molecule has 0 saturated carbocycles. The Balaban J connectivity index is 1.95. The fourth-order valence-corrected chi connectivity index (χ4v) is 4.53. The number of rotatable bonds is 5. The van der Waals surface area contributed by atoms with Crippen molar-refractivity contribution >= 4 is 28.6 Å². The Hall–Kier alpha value is -4.88. The molecule has 0 spiro atoms. The van der Waals surface area contributed by atoms with E-state index in [2.05, 4.69) is 6.07 Å². The molecule has 0 amide bonds. The van der Waals surface area contributed by atoms with Gasteiger partial charge in [0.15, 0.2) is 0 Å². The van der Waals surface area contributed by atoms with E-state index < -0.39 is 11.4 Å². The normalized spacial score (nSPS) is 14.7. The molecular formula is C31H21NO3. The lowest BCUT2D eigenvalue weighted by Gasteiger charge is -2.37. The monoisotopic (exact) mass is 455 g/mol. The number of nitrogens with zero attached hydrogens (tertiary/aromatic N) is 1. The number of hydrogen-bond donors (Lipinski definition) is 1. The number of carboxylic acids is 1. The fourth-order valence-electron chi connectivity index (χ4n) is 4.53. The Bertz CT molecular complexity index is 1370. The largest absolute Gasteiger partial charge is 0.480 e. The van der Waals surface area contributed by atoms with Crippen LogP contribution in [-0.4, -0.2) is 11.1 Å². The topological polar surface area (TPSA) is 70.3 Å². The van der Waals surface area contributed by atoms with Crippen LogP contribution in [0, 0.1) is 16.7 Å². The Morgan fingerprint density at radius 2 is 0.914 bits per heavy atom. The van der Waals surface area contributed by atoms with Gasteiger partial charge in [-0.2, -0.15) is 5.26 Å². The zero-order valence-electron chi connectivity index (χ0n) is 18.8. The van der Waals surface area contributed by atoms with E-state index in [1.165, 1.54) is 0 Å². The molecule has 1 aliphatic heterocycles. The summed E-state index contributed by atoms with van der Waals surface area (Å²) in [5.74, 6) is -0.568. The third-order valence-electron chi connectivity index (χ3n) is 6.09. The van der Waals surface area contributed by atoms with E-state index in [4.69, 9.17) is 4.74 Å². The molecule has 0 fully saturated rings. The molecule has 1 heterocycles. The van der Waals surface area contributed by atoms with Crippen molar-refractivity contribution in [2.75, 3.05) is 0 Å². The highest BCUT2D eigenvalue weighted by Gasteiger charge is 2.54. The second-order valence-electron chi connectivity index (χ2n) is 8.14. The van der Waals surface area contributed by atoms with Crippen LogP contribution in [0.15, 0.2) is 121 Å². The van der Waals surface area contributed by atoms with Crippen molar-refractivity contribution in [2.45, 2.75) is 0 Å². The van der Waals surface area contributed by atoms with E-state index in [0.29, 0.717) is 44.9 Å². The quantitative estimate of drug-likeness (QED) is 0.361. The van der Waals surface area contributed by atoms with E-state index in [1.807, 2.05) is 121 Å². The average molecular weight is 456 g/mol. The Morgan fingerprint density at radius 3 is 1.20 bits per heavy atom. The van der Waals surface area contributed by atoms with Gasteiger partial charge < -0.3 is 9.84 Å². The minimum absolute atomic E-state index is 0.304. The summed E-state index contributed by atoms with van der Waals surface area (Å²) in [5.41, 5.74) is 1.17. The van der Waals surface area contributed by atoms with E-state index >= 15 is 0 Å². The van der Waals surface area contributed by atoms with Crippen molar-refractivity contribution in [3.05, 3.63) is 144 Å². The van der Waals surface area contributed by atoms with Gasteiger partial charge in [-0.15, -0.1) is 0 Å². The number of hydrogen-bond acceptors (Lipinski definition) is 3. The highest BCUT2D eigenvalue weighted by Crippen LogP contribution is 2.56. The number of nitriles is 1. The van der Waals surface area contributed by atoms with Gasteiger partial charge in [0.2, 0.25) is 5.41 Å². The summed E-state index contributed by atoms with van der Waals surface area (Å²) in [6, 6.07) is 39.1. The Morgan fingerprint density at radius 1 is 0.600 bits per heavy atom. The summed E-state index contributed by atoms with van der Waals surface area (Å²) in [6.45, 7) is 0. The molecule has 168 valence electrons. The van der Waals surface area contributed by atoms with Crippen LogP contribution in [0.1, 0.15) is 22.3 Å². The maximum Gasteiger partial charge on any atom is 0.333 e. The van der Waals surface area contributed by atoms with Crippen LogP contribution in [0.2, 0.25) is 0 Å². The van der Waals surface area contributed by atoms with E-state index in [0.717, 1.165) is 0 Å². The van der Waals surface area contributed by atoms with E-state index in [1.54, 1.807) is 0 Å². The summed E-state index contributed by atoms with van der Waals surface area (Å²) in [4.78, 5) is 13.3. The van der Waals surface area contributed by atoms with Gasteiger partial charge in [-0.25, -0.2) is 4.79 Å². The third-order valence-corrected chi connectivity index (χ3v) is 6.09. The molecular weight excluding hydrogens is 434 g/mol. The molecule has 4 aromatic rings. The van der Waals surface area contributed by atoms with Gasteiger partial charge in [0.1, 0.15) is 11.5 Å². The van der Waals surface area contributed by atoms with Crippen LogP contribution < -0.4 is 0 Å². The van der Waals surface area contributed by atoms with Gasteiger partial charge in [0.25, 0.3) is 0 Å². The molecule has 0 atom stereocenters. The van der Waals surface area contributed by atoms with Crippen LogP contribution in [-0.2, 0) is 9.53 Å². The standard InChI is InChI=1S/C31H21NO3/c32-21-31(30(33)34)26(22-13-5-1-6-14-22)28(24-17-9-3-10-18-24)35-29(25-19-11-4-12-20-25)27(31)23-15-7-2-8-16-23/h1-20H,(H,33,34). The lowest BCUT2D eigenvalue weighted by atomic mass is 9.67. The Labute approximate surface area is 203 Å². The van der Waals surface area contributed by atoms with Crippen LogP contribution in [0.25, 0.3) is 22.7 Å². The molecule has 0 radical (unpaired) electrons. The lowest BCUT2D eigenvalue weighted by Crippen LogP contribution is -2.36. The first-order valence-corrected chi connectivity index (χ1v) is 11.2. The molecule has 0 aromatic heterocycles. The first kappa shape index (κ1) is 21.9. The molecule has 4 aromatic carbocycles. The lowest BCUT2D eigenvalue weighted by molar-refractivity contribution is -0.140. The maximum atomic E-state index is 13.3. The maximum absolute atomic E-state index is 13.3. The summed E-state index contributed by atoms with van der Waals surface area (Å²) >= 11 is 0. The second kappa shape index (κ2) is 9.17. The Kier molecular flexibility index (Phi) is 5.75. The number of carbonyl (C=O) groups is 1. The molecule has 0 saturated heterocycles. The number of ether oxygens (including phenoxy) is 1. The molecule has 4 heteroatoms. The van der Waals surface area contributed by atoms with Crippen LogP contribution in [0.3, 0.4) is 0 Å². The zero-order chi connectivity index (χ0) is 24.3. The minimum Gasteiger partial charge on any atom is -0.480 e. The van der Waals surface area contributed by atoms with Crippen LogP contribution in [0.5, 0.6) is 0 Å². The summed E-state index contributed by atoms with van der Waals surface area (Å²) in [6.07, 6.45) is 0. The molecule has 1 aliphatic rings. The van der Waals surface area contributed by atoms with Crippen LogP contribution in [0.4, 0.5) is 0 Å². The number of carboxylic acid groups (broad SMARTS) is 1. The molecule has 5 rings (SSSR count). The predicted octanol–water partition coefficient (Wildman–Crippen LogP) is 6.75. The molecule has 0 unspecified atom stereocenters. The predicted molar refractivity (Wildman–Crippen MR) is 136 cm³/mol. The first-order valence-electron chi connectivity index (χ1n) is 11.2. The van der Waals surface area contributed by atoms with Gasteiger partial charge in [-0.3, -0.25) is 0 Å². The number of benzene rings is 4. The van der Waals surface area contributed by atoms with Gasteiger partial charge in [0, 0.05) is 22.3 Å². The molecule has 0 bridgehead atoms. The highest BCUT2D eigenvalue weighted by atomic mass is 16.5. The molecule has 35 heavy (non-hydrogen) atoms. The van der Waals surface area contributed by atoms with Crippen molar-refractivity contribution in [1.29, 1.82) is 5.26 Å². The van der Waals surface area contributed by atoms with E-state index in [9.17, 15) is 15.2 Å². The van der Waals surface area contributed by atoms with Crippen molar-refractivity contribution in [3.63, 3.8) is 0 Å². The zero-order valence-corrected chi connectivity index (χ0v) is 18.8. The summed E-state index contributed by atoms with van der Waals surface area (Å²) < 4.78 is 6.64. The molecule has 1 N–H and O–H groups in total. The summed E-state index contributed by atoms with van der Waals surface area (Å²) in [5, 5.41) is 21.6. The smallest absolute Gasteiger partial charge is 0.333 e. The first-order chi connectivity index (χ1) is 17.2. The summed E-state index contributed by atoms with van der Waals surface area (Å²) in [7, 11) is 0. The number of aliphatic carboxylic acids is 1. The van der Waals surface area contributed by atoms with Crippen molar-refractivity contribution in [2.24, 2.45) is 5.41 Å². The van der Waals surface area contributed by atoms with Crippen LogP contribution >= 0.6 is 0 Å². The fraction of sp³-hybridized carbons (Fsp3) is 0.0323. The molecule has 0 aliphatic carbocycles. The minimum atomic E-state index is -2.03. The van der Waals surface area contributed by atoms with Crippen molar-refractivity contribution in [3.8, 4) is 6.07 Å². The van der Waals surface area contributed by atoms with Gasteiger partial charge in [0.05, 0.1) is 6.07 Å².